The summed E-state index contributed by atoms with van der Waals surface area (Å²) in [4.78, 5) is 0. The summed E-state index contributed by atoms with van der Waals surface area (Å²) >= 11 is 0. The number of hydrogen-bond donors (Lipinski definition) is 1. The van der Waals surface area contributed by atoms with Crippen molar-refractivity contribution in [1.29, 1.82) is 0 Å². The average molecular weight is 452 g/mol. The number of sulfonamides is 2. The maximum Gasteiger partial charge on any atom is 0.250 e. The highest BCUT2D eigenvalue weighted by molar-refractivity contribution is 7.92. The van der Waals surface area contributed by atoms with Crippen LogP contribution in [0.25, 0.3) is 0 Å². The highest BCUT2D eigenvalue weighted by Gasteiger charge is 2.36. The van der Waals surface area contributed by atoms with Crippen molar-refractivity contribution < 1.29 is 21.6 Å². The zero-order valence-corrected chi connectivity index (χ0v) is 18.7. The van der Waals surface area contributed by atoms with Gasteiger partial charge in [-0.2, -0.15) is 9.52 Å². The third kappa shape index (κ3) is 4.93. The summed E-state index contributed by atoms with van der Waals surface area (Å²) < 4.78 is 58.2. The van der Waals surface area contributed by atoms with E-state index in [1.54, 1.807) is 31.2 Å². The van der Waals surface area contributed by atoms with Gasteiger partial charge in [0, 0.05) is 12.0 Å². The molecule has 1 aliphatic rings. The summed E-state index contributed by atoms with van der Waals surface area (Å²) in [5.41, 5.74) is 2.15. The van der Waals surface area contributed by atoms with E-state index in [-0.39, 0.29) is 5.75 Å². The van der Waals surface area contributed by atoms with Crippen molar-refractivity contribution in [2.45, 2.75) is 26.3 Å². The number of hydrogen-bond acceptors (Lipinski definition) is 6. The van der Waals surface area contributed by atoms with E-state index in [9.17, 15) is 16.8 Å². The first-order valence-electron chi connectivity index (χ1n) is 9.54. The van der Waals surface area contributed by atoms with E-state index in [0.717, 1.165) is 16.2 Å². The Balaban J connectivity index is 2.05. The fourth-order valence-electron chi connectivity index (χ4n) is 3.29. The first kappa shape index (κ1) is 22.1. The van der Waals surface area contributed by atoms with Gasteiger partial charge in [0.15, 0.2) is 0 Å². The van der Waals surface area contributed by atoms with Crippen LogP contribution in [0.5, 0.6) is 5.75 Å². The van der Waals surface area contributed by atoms with Crippen molar-refractivity contribution in [1.82, 2.24) is 4.41 Å². The van der Waals surface area contributed by atoms with E-state index in [4.69, 9.17) is 4.74 Å². The lowest BCUT2D eigenvalue weighted by Crippen LogP contribution is -2.28. The Hall–Kier alpha value is -2.59. The molecule has 0 saturated carbocycles. The van der Waals surface area contributed by atoms with Crippen LogP contribution in [0, 0.1) is 0 Å². The van der Waals surface area contributed by atoms with Crippen LogP contribution >= 0.6 is 0 Å². The first-order chi connectivity index (χ1) is 14.1. The van der Waals surface area contributed by atoms with Crippen LogP contribution in [0.1, 0.15) is 37.4 Å². The van der Waals surface area contributed by atoms with Gasteiger partial charge in [-0.15, -0.1) is 0 Å². The summed E-state index contributed by atoms with van der Waals surface area (Å²) in [6.07, 6.45) is 1.37. The van der Waals surface area contributed by atoms with E-state index in [0.29, 0.717) is 35.7 Å². The molecule has 0 amide bonds. The molecule has 3 rings (SSSR count). The number of rotatable bonds is 8. The molecule has 30 heavy (non-hydrogen) atoms. The van der Waals surface area contributed by atoms with Gasteiger partial charge in [0.2, 0.25) is 20.0 Å². The lowest BCUT2D eigenvalue weighted by Gasteiger charge is -2.23. The van der Waals surface area contributed by atoms with Gasteiger partial charge < -0.3 is 4.74 Å². The number of ether oxygens (including phenoxy) is 1. The molecule has 1 unspecified atom stereocenters. The maximum absolute atomic E-state index is 12.8. The molecule has 162 valence electrons. The molecule has 1 aliphatic heterocycles. The van der Waals surface area contributed by atoms with Crippen LogP contribution in [0.15, 0.2) is 53.6 Å². The lowest BCUT2D eigenvalue weighted by atomic mass is 9.98. The summed E-state index contributed by atoms with van der Waals surface area (Å²) in [6.45, 7) is 3.94. The standard InChI is InChI=1S/C20H25N3O5S2/c1-4-28-16-10-8-9-15(13-16)20-14-19(21-23(20)30(26,27)5-2)17-11-6-7-12-18(17)22-29(3,24)25/h6-13,20,22H,4-5,14H2,1-3H3. The quantitative estimate of drug-likeness (QED) is 0.664. The number of hydrazone groups is 1. The molecule has 0 spiro atoms. The van der Waals surface area contributed by atoms with Gasteiger partial charge in [-0.1, -0.05) is 30.3 Å². The molecule has 10 heteroatoms. The van der Waals surface area contributed by atoms with E-state index < -0.39 is 26.1 Å². The van der Waals surface area contributed by atoms with Crippen molar-refractivity contribution in [3.63, 3.8) is 0 Å². The van der Waals surface area contributed by atoms with Gasteiger partial charge in [-0.25, -0.2) is 16.8 Å². The van der Waals surface area contributed by atoms with Crippen LogP contribution in [0.3, 0.4) is 0 Å². The van der Waals surface area contributed by atoms with E-state index in [1.165, 1.54) is 0 Å². The topological polar surface area (TPSA) is 105 Å². The zero-order chi connectivity index (χ0) is 21.9. The largest absolute Gasteiger partial charge is 0.494 e. The predicted octanol–water partition coefficient (Wildman–Crippen LogP) is 2.96. The Bertz CT molecular complexity index is 1160. The normalized spacial score (nSPS) is 17.0. The molecule has 0 aliphatic carbocycles. The number of nitrogens with zero attached hydrogens (tertiary/aromatic N) is 2. The smallest absolute Gasteiger partial charge is 0.250 e. The van der Waals surface area contributed by atoms with Gasteiger partial charge in [0.05, 0.1) is 36.1 Å². The average Bonchev–Trinajstić information content (AvgIpc) is 3.14. The second kappa shape index (κ2) is 8.65. The zero-order valence-electron chi connectivity index (χ0n) is 17.1. The van der Waals surface area contributed by atoms with E-state index in [2.05, 4.69) is 9.82 Å². The van der Waals surface area contributed by atoms with Crippen molar-refractivity contribution in [3.05, 3.63) is 59.7 Å². The van der Waals surface area contributed by atoms with Gasteiger partial charge in [0.1, 0.15) is 5.75 Å². The number of anilines is 1. The van der Waals surface area contributed by atoms with Crippen molar-refractivity contribution in [2.24, 2.45) is 5.10 Å². The second-order valence-electron chi connectivity index (χ2n) is 6.87. The highest BCUT2D eigenvalue weighted by Crippen LogP contribution is 2.37. The Kier molecular flexibility index (Phi) is 6.37. The molecule has 0 saturated heterocycles. The number of nitrogens with one attached hydrogen (secondary N) is 1. The lowest BCUT2D eigenvalue weighted by molar-refractivity contribution is 0.336. The van der Waals surface area contributed by atoms with Crippen molar-refractivity contribution >= 4 is 31.4 Å². The Morgan fingerprint density at radius 1 is 1.10 bits per heavy atom. The summed E-state index contributed by atoms with van der Waals surface area (Å²) in [5, 5.41) is 4.41. The van der Waals surface area contributed by atoms with Crippen LogP contribution in [0.2, 0.25) is 0 Å². The molecule has 0 fully saturated rings. The molecule has 2 aromatic carbocycles. The predicted molar refractivity (Wildman–Crippen MR) is 118 cm³/mol. The van der Waals surface area contributed by atoms with Crippen LogP contribution in [-0.4, -0.2) is 45.6 Å². The third-order valence-electron chi connectivity index (χ3n) is 4.61. The van der Waals surface area contributed by atoms with Gasteiger partial charge >= 0.3 is 0 Å². The minimum absolute atomic E-state index is 0.103. The second-order valence-corrected chi connectivity index (χ2v) is 10.7. The van der Waals surface area contributed by atoms with Crippen LogP contribution in [0.4, 0.5) is 5.69 Å². The van der Waals surface area contributed by atoms with Gasteiger partial charge in [-0.3, -0.25) is 4.72 Å². The Morgan fingerprint density at radius 3 is 2.50 bits per heavy atom. The molecule has 1 N–H and O–H groups in total. The molecular formula is C20H25N3O5S2. The van der Waals surface area contributed by atoms with Crippen LogP contribution < -0.4 is 9.46 Å². The fraction of sp³-hybridized carbons (Fsp3) is 0.350. The molecule has 2 aromatic rings. The van der Waals surface area contributed by atoms with Crippen molar-refractivity contribution in [2.75, 3.05) is 23.3 Å². The molecule has 0 bridgehead atoms. The molecule has 0 aromatic heterocycles. The monoisotopic (exact) mass is 451 g/mol. The maximum atomic E-state index is 12.8. The minimum atomic E-state index is -3.64. The Morgan fingerprint density at radius 2 is 1.83 bits per heavy atom. The van der Waals surface area contributed by atoms with Gasteiger partial charge in [-0.05, 0) is 37.6 Å². The minimum Gasteiger partial charge on any atom is -0.494 e. The summed E-state index contributed by atoms with van der Waals surface area (Å²) in [6, 6.07) is 13.5. The summed E-state index contributed by atoms with van der Waals surface area (Å²) in [5.74, 6) is 0.547. The third-order valence-corrected chi connectivity index (χ3v) is 6.84. The highest BCUT2D eigenvalue weighted by atomic mass is 32.2. The first-order valence-corrected chi connectivity index (χ1v) is 13.0. The molecule has 8 nitrogen and oxygen atoms in total. The molecule has 0 radical (unpaired) electrons. The van der Waals surface area contributed by atoms with E-state index in [1.807, 2.05) is 31.2 Å². The van der Waals surface area contributed by atoms with Gasteiger partial charge in [0.25, 0.3) is 0 Å². The van der Waals surface area contributed by atoms with E-state index >= 15 is 0 Å². The SMILES string of the molecule is CCOc1cccc(C2CC(c3ccccc3NS(C)(=O)=O)=NN2S(=O)(=O)CC)c1. The molecule has 1 atom stereocenters. The van der Waals surface area contributed by atoms with Crippen molar-refractivity contribution in [3.8, 4) is 5.75 Å². The number of benzene rings is 2. The Labute approximate surface area is 177 Å². The number of para-hydroxylation sites is 1. The summed E-state index contributed by atoms with van der Waals surface area (Å²) in [7, 11) is -7.15. The molecular weight excluding hydrogens is 426 g/mol. The molecule has 1 heterocycles. The van der Waals surface area contributed by atoms with Crippen LogP contribution in [-0.2, 0) is 20.0 Å². The fourth-order valence-corrected chi connectivity index (χ4v) is 4.94.